The minimum absolute atomic E-state index is 0.180. The molecule has 3 aliphatic heterocycles. The number of aliphatic hydroxyl groups is 1. The van der Waals surface area contributed by atoms with Crippen LogP contribution in [-0.4, -0.2) is 69.5 Å². The van der Waals surface area contributed by atoms with Crippen molar-refractivity contribution in [1.29, 1.82) is 0 Å². The molecule has 0 aromatic heterocycles. The molecule has 3 unspecified atom stereocenters. The topological polar surface area (TPSA) is 108 Å². The third-order valence-electron chi connectivity index (χ3n) is 7.04. The molecule has 0 radical (unpaired) electrons. The van der Waals surface area contributed by atoms with E-state index in [1.165, 1.54) is 4.90 Å². The molecular weight excluding hydrogens is 514 g/mol. The van der Waals surface area contributed by atoms with Gasteiger partial charge in [0.25, 0.3) is 0 Å². The fraction of sp³-hybridized carbons (Fsp3) is 0.609. The zero-order valence-corrected chi connectivity index (χ0v) is 21.1. The number of halogens is 2. The number of fused-ring (bicyclic) bond motifs is 1. The largest absolute Gasteiger partial charge is 0.394 e. The predicted molar refractivity (Wildman–Crippen MR) is 127 cm³/mol. The van der Waals surface area contributed by atoms with Gasteiger partial charge >= 0.3 is 0 Å². The van der Waals surface area contributed by atoms with Crippen LogP contribution < -0.4 is 10.6 Å². The smallest absolute Gasteiger partial charge is 0.250 e. The van der Waals surface area contributed by atoms with E-state index in [0.717, 1.165) is 12.0 Å². The number of nitrogens with zero attached hydrogens (tertiary/aromatic N) is 1. The highest BCUT2D eigenvalue weighted by atomic mass is 79.9. The second-order valence-corrected chi connectivity index (χ2v) is 10.7. The Bertz CT molecular complexity index is 957. The summed E-state index contributed by atoms with van der Waals surface area (Å²) >= 11 is 9.96. The molecule has 1 spiro atoms. The lowest BCUT2D eigenvalue weighted by atomic mass is 9.70. The van der Waals surface area contributed by atoms with Crippen molar-refractivity contribution >= 4 is 50.9 Å². The number of carbonyl (C=O) groups excluding carboxylic acids is 3. The minimum atomic E-state index is -1.17. The molecule has 3 aliphatic rings. The first-order valence-electron chi connectivity index (χ1n) is 11.3. The van der Waals surface area contributed by atoms with Crippen molar-refractivity contribution in [1.82, 2.24) is 10.2 Å². The van der Waals surface area contributed by atoms with Gasteiger partial charge in [0, 0.05) is 11.4 Å². The molecule has 2 bridgehead atoms. The van der Waals surface area contributed by atoms with Crippen LogP contribution in [0.1, 0.15) is 32.3 Å². The summed E-state index contributed by atoms with van der Waals surface area (Å²) in [7, 11) is 0. The number of aryl methyl sites for hydroxylation is 1. The summed E-state index contributed by atoms with van der Waals surface area (Å²) < 4.78 is 6.39. The van der Waals surface area contributed by atoms with Crippen molar-refractivity contribution in [2.45, 2.75) is 62.2 Å². The Morgan fingerprint density at radius 3 is 2.76 bits per heavy atom. The Labute approximate surface area is 206 Å². The molecule has 3 heterocycles. The Balaban J connectivity index is 1.75. The highest BCUT2D eigenvalue weighted by Crippen LogP contribution is 2.60. The van der Waals surface area contributed by atoms with Crippen LogP contribution in [0.4, 0.5) is 5.69 Å². The molecule has 3 amide bonds. The molecule has 0 aliphatic carbocycles. The number of carbonyl (C=O) groups is 3. The van der Waals surface area contributed by atoms with Crippen LogP contribution in [0, 0.1) is 18.8 Å². The molecule has 33 heavy (non-hydrogen) atoms. The van der Waals surface area contributed by atoms with E-state index in [4.69, 9.17) is 16.3 Å². The molecular formula is C23H29BrClN3O5. The fourth-order valence-electron chi connectivity index (χ4n) is 5.58. The van der Waals surface area contributed by atoms with E-state index in [9.17, 15) is 19.5 Å². The summed E-state index contributed by atoms with van der Waals surface area (Å²) in [6, 6.07) is 3.66. The molecule has 7 atom stereocenters. The van der Waals surface area contributed by atoms with Gasteiger partial charge in [-0.3, -0.25) is 14.4 Å². The fourth-order valence-corrected chi connectivity index (χ4v) is 6.79. The number of benzene rings is 1. The summed E-state index contributed by atoms with van der Waals surface area (Å²) in [5.41, 5.74) is 0.0725. The quantitative estimate of drug-likeness (QED) is 0.458. The summed E-state index contributed by atoms with van der Waals surface area (Å²) in [6.07, 6.45) is 0.654. The monoisotopic (exact) mass is 541 g/mol. The van der Waals surface area contributed by atoms with Gasteiger partial charge in [0.05, 0.1) is 41.3 Å². The number of rotatable bonds is 7. The first-order chi connectivity index (χ1) is 15.7. The number of hydrogen-bond acceptors (Lipinski definition) is 5. The molecule has 10 heteroatoms. The van der Waals surface area contributed by atoms with E-state index >= 15 is 0 Å². The maximum atomic E-state index is 13.7. The van der Waals surface area contributed by atoms with Gasteiger partial charge in [0.1, 0.15) is 11.6 Å². The SMILES string of the molecule is CCCNC(=O)[C@H]1[C@@H]2OC3(CC2Br)C(C(=O)Nc2c(C)cccc2Cl)N([C@H](C)CO)C(=O)[C@H]13. The maximum absolute atomic E-state index is 13.7. The minimum Gasteiger partial charge on any atom is -0.394 e. The number of hydrogen-bond donors (Lipinski definition) is 3. The van der Waals surface area contributed by atoms with Crippen LogP contribution in [0.3, 0.4) is 0 Å². The Kier molecular flexibility index (Phi) is 6.79. The number of alkyl halides is 1. The summed E-state index contributed by atoms with van der Waals surface area (Å²) in [4.78, 5) is 41.7. The predicted octanol–water partition coefficient (Wildman–Crippen LogP) is 2.24. The summed E-state index contributed by atoms with van der Waals surface area (Å²) in [5, 5.41) is 16.1. The number of likely N-dealkylation sites (tertiary alicyclic amines) is 1. The molecule has 0 saturated carbocycles. The average molecular weight is 543 g/mol. The van der Waals surface area contributed by atoms with Crippen LogP contribution in [0.25, 0.3) is 0 Å². The van der Waals surface area contributed by atoms with Crippen LogP contribution in [-0.2, 0) is 19.1 Å². The number of ether oxygens (including phenoxy) is 1. The van der Waals surface area contributed by atoms with Gasteiger partial charge in [0.15, 0.2) is 0 Å². The van der Waals surface area contributed by atoms with Gasteiger partial charge in [-0.1, -0.05) is 46.6 Å². The summed E-state index contributed by atoms with van der Waals surface area (Å²) in [5.74, 6) is -2.55. The van der Waals surface area contributed by atoms with E-state index < -0.39 is 41.5 Å². The number of amides is 3. The normalized spacial score (nSPS) is 33.2. The lowest BCUT2D eigenvalue weighted by Gasteiger charge is -2.36. The van der Waals surface area contributed by atoms with Crippen LogP contribution >= 0.6 is 27.5 Å². The average Bonchev–Trinajstić information content (AvgIpc) is 3.37. The number of nitrogens with one attached hydrogen (secondary N) is 2. The molecule has 1 aromatic rings. The standard InChI is InChI=1S/C23H29BrClN3O5/c1-4-8-26-20(30)15-16-22(32)28(12(3)10-29)19(23(16)9-13(24)18(15)33-23)21(31)27-17-11(2)6-5-7-14(17)25/h5-7,12-13,15-16,18-19,29H,4,8-10H2,1-3H3,(H,26,30)(H,27,31)/t12-,13?,15-,16+,18-,19?,23?/m1/s1. The van der Waals surface area contributed by atoms with Gasteiger partial charge in [0.2, 0.25) is 17.7 Å². The maximum Gasteiger partial charge on any atom is 0.250 e. The molecule has 3 saturated heterocycles. The second-order valence-electron chi connectivity index (χ2n) is 9.15. The van der Waals surface area contributed by atoms with Crippen LogP contribution in [0.5, 0.6) is 0 Å². The highest BCUT2D eigenvalue weighted by Gasteiger charge is 2.76. The molecule has 8 nitrogen and oxygen atoms in total. The van der Waals surface area contributed by atoms with Gasteiger partial charge in [-0.2, -0.15) is 0 Å². The van der Waals surface area contributed by atoms with Gasteiger partial charge < -0.3 is 25.4 Å². The molecule has 4 rings (SSSR count). The highest BCUT2D eigenvalue weighted by molar-refractivity contribution is 9.09. The van der Waals surface area contributed by atoms with Crippen molar-refractivity contribution in [2.75, 3.05) is 18.5 Å². The van der Waals surface area contributed by atoms with E-state index in [-0.39, 0.29) is 23.2 Å². The zero-order chi connectivity index (χ0) is 24.1. The lowest BCUT2D eigenvalue weighted by Crippen LogP contribution is -2.56. The third kappa shape index (κ3) is 3.77. The van der Waals surface area contributed by atoms with Gasteiger partial charge in [-0.25, -0.2) is 0 Å². The van der Waals surface area contributed by atoms with E-state index in [2.05, 4.69) is 26.6 Å². The Morgan fingerprint density at radius 2 is 2.12 bits per heavy atom. The lowest BCUT2D eigenvalue weighted by molar-refractivity contribution is -0.143. The van der Waals surface area contributed by atoms with Gasteiger partial charge in [-0.15, -0.1) is 0 Å². The Morgan fingerprint density at radius 1 is 1.39 bits per heavy atom. The van der Waals surface area contributed by atoms with E-state index in [1.807, 2.05) is 19.9 Å². The third-order valence-corrected chi connectivity index (χ3v) is 8.20. The number of para-hydroxylation sites is 1. The molecule has 180 valence electrons. The van der Waals surface area contributed by atoms with Crippen molar-refractivity contribution in [3.8, 4) is 0 Å². The first-order valence-corrected chi connectivity index (χ1v) is 12.6. The zero-order valence-electron chi connectivity index (χ0n) is 18.8. The second kappa shape index (κ2) is 9.17. The van der Waals surface area contributed by atoms with Crippen LogP contribution in [0.15, 0.2) is 18.2 Å². The van der Waals surface area contributed by atoms with Crippen molar-refractivity contribution < 1.29 is 24.2 Å². The Hall–Kier alpha value is -1.68. The van der Waals surface area contributed by atoms with Crippen molar-refractivity contribution in [2.24, 2.45) is 11.8 Å². The van der Waals surface area contributed by atoms with Crippen molar-refractivity contribution in [3.05, 3.63) is 28.8 Å². The van der Waals surface area contributed by atoms with E-state index in [0.29, 0.717) is 23.7 Å². The summed E-state index contributed by atoms with van der Waals surface area (Å²) in [6.45, 7) is 5.64. The van der Waals surface area contributed by atoms with Crippen molar-refractivity contribution in [3.63, 3.8) is 0 Å². The number of aliphatic hydroxyl groups excluding tert-OH is 1. The van der Waals surface area contributed by atoms with Gasteiger partial charge in [-0.05, 0) is 38.3 Å². The number of anilines is 1. The van der Waals surface area contributed by atoms with Crippen LogP contribution in [0.2, 0.25) is 5.02 Å². The molecule has 3 N–H and O–H groups in total. The van der Waals surface area contributed by atoms with E-state index in [1.54, 1.807) is 19.1 Å². The molecule has 3 fully saturated rings. The molecule has 1 aromatic carbocycles. The first kappa shape index (κ1) is 24.4.